The van der Waals surface area contributed by atoms with Gasteiger partial charge in [0.05, 0.1) is 16.6 Å². The number of benzene rings is 1. The Kier molecular flexibility index (Phi) is 6.09. The van der Waals surface area contributed by atoms with Crippen LogP contribution in [0.5, 0.6) is 0 Å². The normalized spacial score (nSPS) is 11.8. The van der Waals surface area contributed by atoms with E-state index in [0.29, 0.717) is 14.5 Å². The Bertz CT molecular complexity index is 1010. The summed E-state index contributed by atoms with van der Waals surface area (Å²) in [5, 5.41) is 0. The quantitative estimate of drug-likeness (QED) is 0.499. The zero-order valence-electron chi connectivity index (χ0n) is 13.3. The molecule has 0 saturated heterocycles. The molecular weight excluding hydrogens is 463 g/mol. The van der Waals surface area contributed by atoms with E-state index in [9.17, 15) is 12.8 Å². The van der Waals surface area contributed by atoms with Crippen LogP contribution in [-0.4, -0.2) is 17.7 Å². The highest BCUT2D eigenvalue weighted by Crippen LogP contribution is 2.30. The van der Waals surface area contributed by atoms with Crippen molar-refractivity contribution in [2.45, 2.75) is 17.3 Å². The van der Waals surface area contributed by atoms with Gasteiger partial charge in [-0.1, -0.05) is 39.7 Å². The van der Waals surface area contributed by atoms with Crippen LogP contribution in [0.4, 0.5) is 4.39 Å². The first kappa shape index (κ1) is 19.4. The van der Waals surface area contributed by atoms with Crippen molar-refractivity contribution in [2.24, 2.45) is 0 Å². The van der Waals surface area contributed by atoms with E-state index in [2.05, 4.69) is 20.9 Å². The number of halogens is 3. The molecule has 0 saturated carbocycles. The van der Waals surface area contributed by atoms with E-state index in [0.717, 1.165) is 11.3 Å². The molecule has 3 rings (SSSR count). The van der Waals surface area contributed by atoms with E-state index in [1.165, 1.54) is 22.5 Å². The largest absolute Gasteiger partial charge is 0.260 e. The minimum Gasteiger partial charge on any atom is -0.260 e. The molecule has 9 heteroatoms. The molecule has 0 atom stereocenters. The lowest BCUT2D eigenvalue weighted by Crippen LogP contribution is -2.30. The number of hydrogen-bond donors (Lipinski definition) is 0. The Balaban J connectivity index is 1.98. The van der Waals surface area contributed by atoms with Crippen molar-refractivity contribution in [3.05, 3.63) is 80.6 Å². The third-order valence-corrected chi connectivity index (χ3v) is 7.55. The smallest absolute Gasteiger partial charge is 0.253 e. The van der Waals surface area contributed by atoms with Crippen molar-refractivity contribution in [1.82, 2.24) is 9.29 Å². The van der Waals surface area contributed by atoms with Gasteiger partial charge in [-0.2, -0.15) is 4.31 Å². The number of pyridine rings is 1. The van der Waals surface area contributed by atoms with Crippen LogP contribution in [0, 0.1) is 5.82 Å². The van der Waals surface area contributed by atoms with Crippen LogP contribution in [-0.2, 0) is 23.1 Å². The van der Waals surface area contributed by atoms with E-state index in [4.69, 9.17) is 11.6 Å². The van der Waals surface area contributed by atoms with E-state index in [-0.39, 0.29) is 22.9 Å². The molecule has 2 heterocycles. The van der Waals surface area contributed by atoms with Gasteiger partial charge >= 0.3 is 0 Å². The summed E-state index contributed by atoms with van der Waals surface area (Å²) in [5.41, 5.74) is 0.839. The molecular formula is C17H13BrClFN2O2S2. The Morgan fingerprint density at radius 1 is 1.15 bits per heavy atom. The summed E-state index contributed by atoms with van der Waals surface area (Å²) in [7, 11) is -3.85. The molecule has 0 aliphatic carbocycles. The number of rotatable bonds is 6. The van der Waals surface area contributed by atoms with Crippen LogP contribution < -0.4 is 0 Å². The maximum absolute atomic E-state index is 14.3. The predicted molar refractivity (Wildman–Crippen MR) is 104 cm³/mol. The van der Waals surface area contributed by atoms with Gasteiger partial charge < -0.3 is 0 Å². The molecule has 0 unspecified atom stereocenters. The number of sulfonamides is 1. The maximum Gasteiger partial charge on any atom is 0.253 e. The van der Waals surface area contributed by atoms with Crippen molar-refractivity contribution >= 4 is 48.9 Å². The highest BCUT2D eigenvalue weighted by molar-refractivity contribution is 9.10. The zero-order chi connectivity index (χ0) is 18.7. The summed E-state index contributed by atoms with van der Waals surface area (Å²) in [4.78, 5) is 4.18. The minimum absolute atomic E-state index is 0.0220. The van der Waals surface area contributed by atoms with Crippen LogP contribution in [0.2, 0.25) is 4.34 Å². The summed E-state index contributed by atoms with van der Waals surface area (Å²) in [5.74, 6) is -0.482. The van der Waals surface area contributed by atoms with E-state index < -0.39 is 15.8 Å². The first-order valence-corrected chi connectivity index (χ1v) is 10.9. The van der Waals surface area contributed by atoms with E-state index in [1.807, 2.05) is 0 Å². The van der Waals surface area contributed by atoms with Gasteiger partial charge in [-0.25, -0.2) is 12.8 Å². The predicted octanol–water partition coefficient (Wildman–Crippen LogP) is 5.09. The van der Waals surface area contributed by atoms with Crippen LogP contribution in [0.15, 0.2) is 63.4 Å². The van der Waals surface area contributed by atoms with Gasteiger partial charge in [-0.15, -0.1) is 11.3 Å². The number of aromatic nitrogens is 1. The Labute approximate surface area is 168 Å². The van der Waals surface area contributed by atoms with Gasteiger partial charge in [-0.05, 0) is 36.4 Å². The highest BCUT2D eigenvalue weighted by Gasteiger charge is 2.27. The summed E-state index contributed by atoms with van der Waals surface area (Å²) < 4.78 is 42.6. The average molecular weight is 476 g/mol. The van der Waals surface area contributed by atoms with Crippen molar-refractivity contribution in [3.8, 4) is 0 Å². The summed E-state index contributed by atoms with van der Waals surface area (Å²) in [6.45, 7) is -0.0955. The summed E-state index contributed by atoms with van der Waals surface area (Å²) in [6.07, 6.45) is 1.59. The van der Waals surface area contributed by atoms with Crippen molar-refractivity contribution in [1.29, 1.82) is 0 Å². The number of thiophene rings is 1. The number of nitrogens with zero attached hydrogens (tertiary/aromatic N) is 2. The minimum atomic E-state index is -3.85. The fourth-order valence-corrected chi connectivity index (χ4v) is 5.66. The molecule has 2 aromatic heterocycles. The first-order valence-electron chi connectivity index (χ1n) is 7.45. The molecule has 0 bridgehead atoms. The van der Waals surface area contributed by atoms with Gasteiger partial charge in [0.2, 0.25) is 0 Å². The van der Waals surface area contributed by atoms with Crippen molar-refractivity contribution in [2.75, 3.05) is 0 Å². The molecule has 0 radical (unpaired) electrons. The zero-order valence-corrected chi connectivity index (χ0v) is 17.2. The lowest BCUT2D eigenvalue weighted by molar-refractivity contribution is 0.391. The molecule has 4 nitrogen and oxygen atoms in total. The monoisotopic (exact) mass is 474 g/mol. The SMILES string of the molecule is O=S(=O)(c1ccc(Cl)s1)N(Cc1ccccn1)Cc1ccc(Br)cc1F. The molecule has 0 aliphatic heterocycles. The lowest BCUT2D eigenvalue weighted by Gasteiger charge is -2.21. The Morgan fingerprint density at radius 3 is 2.58 bits per heavy atom. The van der Waals surface area contributed by atoms with Gasteiger partial charge in [0.1, 0.15) is 10.0 Å². The van der Waals surface area contributed by atoms with Crippen molar-refractivity contribution in [3.63, 3.8) is 0 Å². The molecule has 0 N–H and O–H groups in total. The maximum atomic E-state index is 14.3. The topological polar surface area (TPSA) is 50.3 Å². The van der Waals surface area contributed by atoms with Gasteiger partial charge in [-0.3, -0.25) is 4.98 Å². The van der Waals surface area contributed by atoms with Gasteiger partial charge in [0, 0.05) is 22.8 Å². The second-order valence-corrected chi connectivity index (χ2v) is 10.2. The molecule has 1 aromatic carbocycles. The summed E-state index contributed by atoms with van der Waals surface area (Å²) in [6, 6.07) is 12.8. The van der Waals surface area contributed by atoms with Crippen LogP contribution >= 0.6 is 38.9 Å². The standard InChI is InChI=1S/C17H13BrClFN2O2S2/c18-13-5-4-12(15(20)9-13)10-22(11-14-3-1-2-8-21-14)26(23,24)17-7-6-16(19)25-17/h1-9H,10-11H2. The fraction of sp³-hybridized carbons (Fsp3) is 0.118. The number of hydrogen-bond acceptors (Lipinski definition) is 4. The van der Waals surface area contributed by atoms with Crippen LogP contribution in [0.25, 0.3) is 0 Å². The third-order valence-electron chi connectivity index (χ3n) is 3.57. The van der Waals surface area contributed by atoms with Crippen LogP contribution in [0.1, 0.15) is 11.3 Å². The summed E-state index contributed by atoms with van der Waals surface area (Å²) >= 11 is 10.1. The molecule has 0 aliphatic rings. The average Bonchev–Trinajstić information content (AvgIpc) is 3.04. The Morgan fingerprint density at radius 2 is 1.96 bits per heavy atom. The molecule has 26 heavy (non-hydrogen) atoms. The molecule has 3 aromatic rings. The third kappa shape index (κ3) is 4.50. The van der Waals surface area contributed by atoms with Gasteiger partial charge in [0.15, 0.2) is 0 Å². The molecule has 0 spiro atoms. The Hall–Kier alpha value is -1.32. The first-order chi connectivity index (χ1) is 12.4. The van der Waals surface area contributed by atoms with Crippen molar-refractivity contribution < 1.29 is 12.8 Å². The molecule has 0 fully saturated rings. The molecule has 136 valence electrons. The molecule has 0 amide bonds. The second kappa shape index (κ2) is 8.14. The second-order valence-electron chi connectivity index (χ2n) is 5.39. The van der Waals surface area contributed by atoms with Gasteiger partial charge in [0.25, 0.3) is 10.0 Å². The fourth-order valence-electron chi connectivity index (χ4n) is 2.30. The van der Waals surface area contributed by atoms with E-state index >= 15 is 0 Å². The van der Waals surface area contributed by atoms with E-state index in [1.54, 1.807) is 36.5 Å². The lowest BCUT2D eigenvalue weighted by atomic mass is 10.2. The van der Waals surface area contributed by atoms with Crippen LogP contribution in [0.3, 0.4) is 0 Å². The highest BCUT2D eigenvalue weighted by atomic mass is 79.9.